The second-order valence-electron chi connectivity index (χ2n) is 5.58. The third-order valence-electron chi connectivity index (χ3n) is 3.68. The third kappa shape index (κ3) is 4.27. The zero-order valence-corrected chi connectivity index (χ0v) is 14.3. The van der Waals surface area contributed by atoms with Gasteiger partial charge in [0.1, 0.15) is 12.1 Å². The van der Waals surface area contributed by atoms with Crippen LogP contribution in [0.2, 0.25) is 0 Å². The predicted octanol–water partition coefficient (Wildman–Crippen LogP) is 4.59. The quantitative estimate of drug-likeness (QED) is 0.370. The fraction of sp³-hybridized carbons (Fsp3) is 0.118. The van der Waals surface area contributed by atoms with Gasteiger partial charge in [-0.3, -0.25) is 4.79 Å². The van der Waals surface area contributed by atoms with Gasteiger partial charge in [0, 0.05) is 16.0 Å². The van der Waals surface area contributed by atoms with Crippen molar-refractivity contribution in [2.45, 2.75) is 13.3 Å². The number of halogens is 3. The lowest BCUT2D eigenvalue weighted by atomic mass is 10.0. The van der Waals surface area contributed by atoms with E-state index in [1.807, 2.05) is 0 Å². The second-order valence-corrected chi connectivity index (χ2v) is 5.58. The van der Waals surface area contributed by atoms with E-state index < -0.39 is 12.3 Å². The molecule has 0 aliphatic carbocycles. The van der Waals surface area contributed by atoms with Crippen LogP contribution in [0, 0.1) is 6.92 Å². The minimum absolute atomic E-state index is 0.265. The third-order valence-corrected chi connectivity index (χ3v) is 3.68. The molecule has 3 rings (SSSR count). The second kappa shape index (κ2) is 7.41. The molecule has 28 heavy (non-hydrogen) atoms. The maximum absolute atomic E-state index is 12.2. The largest absolute Gasteiger partial charge is 0.573 e. The Labute approximate surface area is 155 Å². The lowest BCUT2D eigenvalue weighted by Crippen LogP contribution is -2.17. The Morgan fingerprint density at radius 2 is 1.93 bits per heavy atom. The van der Waals surface area contributed by atoms with Crippen molar-refractivity contribution in [1.29, 1.82) is 0 Å². The lowest BCUT2D eigenvalue weighted by molar-refractivity contribution is -0.274. The van der Waals surface area contributed by atoms with Crippen molar-refractivity contribution in [1.82, 2.24) is 14.8 Å². The van der Waals surface area contributed by atoms with Gasteiger partial charge in [0.25, 0.3) is 0 Å². The molecule has 1 aromatic heterocycles. The number of azide groups is 1. The number of alkyl halides is 3. The van der Waals surface area contributed by atoms with Gasteiger partial charge in [-0.1, -0.05) is 12.1 Å². The molecule has 8 nitrogen and oxygen atoms in total. The van der Waals surface area contributed by atoms with Gasteiger partial charge in [0.15, 0.2) is 5.82 Å². The number of hydrogen-bond donors (Lipinski definition) is 0. The van der Waals surface area contributed by atoms with Crippen molar-refractivity contribution in [2.75, 3.05) is 0 Å². The van der Waals surface area contributed by atoms with Crippen LogP contribution in [-0.2, 0) is 0 Å². The average Bonchev–Trinajstić information content (AvgIpc) is 3.11. The molecule has 3 aromatic rings. The summed E-state index contributed by atoms with van der Waals surface area (Å²) in [5, 5.41) is 7.34. The van der Waals surface area contributed by atoms with Gasteiger partial charge in [-0.2, -0.15) is 0 Å². The molecule has 0 unspecified atom stereocenters. The first-order chi connectivity index (χ1) is 13.3. The predicted molar refractivity (Wildman–Crippen MR) is 91.7 cm³/mol. The van der Waals surface area contributed by atoms with Crippen LogP contribution in [0.3, 0.4) is 0 Å². The van der Waals surface area contributed by atoms with Crippen molar-refractivity contribution in [3.05, 3.63) is 70.4 Å². The normalized spacial score (nSPS) is 11.0. The van der Waals surface area contributed by atoms with Gasteiger partial charge in [-0.15, -0.1) is 18.3 Å². The molecule has 0 fully saturated rings. The Morgan fingerprint density at radius 3 is 2.54 bits per heavy atom. The summed E-state index contributed by atoms with van der Waals surface area (Å²) in [5.41, 5.74) is 10.3. The highest BCUT2D eigenvalue weighted by Gasteiger charge is 2.31. The number of aryl methyl sites for hydroxylation is 1. The molecule has 11 heteroatoms. The molecule has 0 aliphatic rings. The number of nitrogens with zero attached hydrogens (tertiary/aromatic N) is 6. The Kier molecular flexibility index (Phi) is 5.01. The van der Waals surface area contributed by atoms with E-state index in [1.165, 1.54) is 41.3 Å². The van der Waals surface area contributed by atoms with E-state index in [4.69, 9.17) is 5.53 Å². The monoisotopic (exact) mass is 388 g/mol. The maximum atomic E-state index is 12.2. The zero-order chi connectivity index (χ0) is 20.3. The molecule has 0 N–H and O–H groups in total. The van der Waals surface area contributed by atoms with Crippen molar-refractivity contribution in [2.24, 2.45) is 5.11 Å². The summed E-state index contributed by atoms with van der Waals surface area (Å²) in [6.45, 7) is 1.68. The fourth-order valence-corrected chi connectivity index (χ4v) is 2.46. The molecule has 142 valence electrons. The Morgan fingerprint density at radius 1 is 1.21 bits per heavy atom. The molecule has 0 bridgehead atoms. The van der Waals surface area contributed by atoms with E-state index in [1.54, 1.807) is 19.1 Å². The number of carbonyl (C=O) groups is 1. The first kappa shape index (κ1) is 18.9. The van der Waals surface area contributed by atoms with Gasteiger partial charge >= 0.3 is 6.36 Å². The van der Waals surface area contributed by atoms with E-state index >= 15 is 0 Å². The number of benzene rings is 2. The number of amides is 1. The molecule has 0 saturated heterocycles. The minimum atomic E-state index is -4.76. The molecule has 2 aromatic carbocycles. The Hall–Kier alpha value is -3.85. The summed E-state index contributed by atoms with van der Waals surface area (Å²) in [7, 11) is 0. The highest BCUT2D eigenvalue weighted by atomic mass is 19.4. The SMILES string of the molecule is Cc1cc(-c2ncn(-c3ccc(OC(F)(F)F)cc3)n2)ccc1C(=O)N=[N+]=[N-]. The summed E-state index contributed by atoms with van der Waals surface area (Å²) in [4.78, 5) is 18.3. The molecule has 1 amide bonds. The molecule has 0 spiro atoms. The van der Waals surface area contributed by atoms with Crippen LogP contribution in [-0.4, -0.2) is 27.0 Å². The summed E-state index contributed by atoms with van der Waals surface area (Å²) in [5.74, 6) is -0.680. The van der Waals surface area contributed by atoms with Crippen molar-refractivity contribution in [3.63, 3.8) is 0 Å². The Bertz CT molecular complexity index is 1070. The smallest absolute Gasteiger partial charge is 0.406 e. The number of ether oxygens (including phenoxy) is 1. The van der Waals surface area contributed by atoms with Gasteiger partial charge in [0.2, 0.25) is 5.91 Å². The highest BCUT2D eigenvalue weighted by Crippen LogP contribution is 2.24. The molecule has 0 atom stereocenters. The van der Waals surface area contributed by atoms with Gasteiger partial charge in [0.05, 0.1) is 5.69 Å². The van der Waals surface area contributed by atoms with Crippen LogP contribution < -0.4 is 4.74 Å². The Balaban J connectivity index is 1.83. The van der Waals surface area contributed by atoms with Gasteiger partial charge in [-0.05, 0) is 53.5 Å². The molecule has 1 heterocycles. The number of hydrogen-bond acceptors (Lipinski definition) is 4. The first-order valence-electron chi connectivity index (χ1n) is 7.75. The van der Waals surface area contributed by atoms with Crippen LogP contribution in [0.5, 0.6) is 5.75 Å². The maximum Gasteiger partial charge on any atom is 0.573 e. The van der Waals surface area contributed by atoms with E-state index in [0.29, 0.717) is 22.6 Å². The van der Waals surface area contributed by atoms with Crippen molar-refractivity contribution < 1.29 is 22.7 Å². The summed E-state index contributed by atoms with van der Waals surface area (Å²) in [6, 6.07) is 9.94. The zero-order valence-electron chi connectivity index (χ0n) is 14.3. The summed E-state index contributed by atoms with van der Waals surface area (Å²) in [6.07, 6.45) is -3.35. The molecular formula is C17H11F3N6O2. The summed E-state index contributed by atoms with van der Waals surface area (Å²) < 4.78 is 41.9. The van der Waals surface area contributed by atoms with Crippen LogP contribution in [0.4, 0.5) is 13.2 Å². The van der Waals surface area contributed by atoms with Crippen LogP contribution in [0.1, 0.15) is 15.9 Å². The molecule has 0 radical (unpaired) electrons. The van der Waals surface area contributed by atoms with Crippen LogP contribution in [0.25, 0.3) is 27.5 Å². The number of aromatic nitrogens is 3. The van der Waals surface area contributed by atoms with E-state index in [2.05, 4.69) is 24.8 Å². The molecule has 0 aliphatic heterocycles. The number of rotatable bonds is 4. The van der Waals surface area contributed by atoms with Crippen LogP contribution in [0.15, 0.2) is 53.9 Å². The first-order valence-corrected chi connectivity index (χ1v) is 7.75. The fourth-order valence-electron chi connectivity index (χ4n) is 2.46. The minimum Gasteiger partial charge on any atom is -0.406 e. The number of carbonyl (C=O) groups excluding carboxylic acids is 1. The van der Waals surface area contributed by atoms with E-state index in [0.717, 1.165) is 0 Å². The van der Waals surface area contributed by atoms with Crippen LogP contribution >= 0.6 is 0 Å². The summed E-state index contributed by atoms with van der Waals surface area (Å²) >= 11 is 0. The molecular weight excluding hydrogens is 377 g/mol. The van der Waals surface area contributed by atoms with Crippen molar-refractivity contribution >= 4 is 5.91 Å². The average molecular weight is 388 g/mol. The van der Waals surface area contributed by atoms with Gasteiger partial charge in [-0.25, -0.2) is 9.67 Å². The standard InChI is InChI=1S/C17H11F3N6O2/c1-10-8-11(2-7-14(10)16(27)23-25-21)15-22-9-26(24-15)12-3-5-13(6-4-12)28-17(18,19)20/h2-9H,1H3. The van der Waals surface area contributed by atoms with Gasteiger partial charge < -0.3 is 4.74 Å². The lowest BCUT2D eigenvalue weighted by Gasteiger charge is -2.09. The van der Waals surface area contributed by atoms with E-state index in [9.17, 15) is 18.0 Å². The highest BCUT2D eigenvalue weighted by molar-refractivity contribution is 5.96. The van der Waals surface area contributed by atoms with E-state index in [-0.39, 0.29) is 11.3 Å². The van der Waals surface area contributed by atoms with Crippen molar-refractivity contribution in [3.8, 4) is 22.8 Å². The molecule has 0 saturated carbocycles. The topological polar surface area (TPSA) is 106 Å².